The van der Waals surface area contributed by atoms with E-state index in [-0.39, 0.29) is 29.7 Å². The van der Waals surface area contributed by atoms with Crippen LogP contribution in [0, 0.1) is 0 Å². The highest BCUT2D eigenvalue weighted by Crippen LogP contribution is 2.22. The summed E-state index contributed by atoms with van der Waals surface area (Å²) in [7, 11) is -2.13. The van der Waals surface area contributed by atoms with Gasteiger partial charge in [-0.15, -0.1) is 0 Å². The van der Waals surface area contributed by atoms with E-state index in [1.54, 1.807) is 12.1 Å². The Hall–Kier alpha value is -2.42. The van der Waals surface area contributed by atoms with Crippen LogP contribution in [-0.2, 0) is 21.4 Å². The summed E-state index contributed by atoms with van der Waals surface area (Å²) in [5.74, 6) is 0.131. The number of benzene rings is 1. The summed E-state index contributed by atoms with van der Waals surface area (Å²) in [6.07, 6.45) is 1.06. The molecule has 0 radical (unpaired) electrons. The molecule has 1 aromatic carbocycles. The van der Waals surface area contributed by atoms with Crippen LogP contribution in [0.1, 0.15) is 41.8 Å². The molecule has 2 rings (SSSR count). The van der Waals surface area contributed by atoms with E-state index in [2.05, 4.69) is 10.1 Å². The predicted octanol–water partition coefficient (Wildman–Crippen LogP) is 1.95. The number of hydrogen-bond acceptors (Lipinski definition) is 7. The van der Waals surface area contributed by atoms with E-state index in [1.807, 2.05) is 13.8 Å². The fourth-order valence-corrected chi connectivity index (χ4v) is 2.38. The molecular formula is C15H19N3O5S. The zero-order valence-electron chi connectivity index (χ0n) is 13.9. The Bertz CT molecular complexity index is 829. The van der Waals surface area contributed by atoms with Gasteiger partial charge in [0.1, 0.15) is 0 Å². The molecule has 0 bridgehead atoms. The lowest BCUT2D eigenvalue weighted by Crippen LogP contribution is -2.26. The highest BCUT2D eigenvalue weighted by atomic mass is 32.2. The summed E-state index contributed by atoms with van der Waals surface area (Å²) in [6, 6.07) is 6.29. The zero-order valence-corrected chi connectivity index (χ0v) is 14.7. The molecule has 0 saturated carbocycles. The third-order valence-corrected chi connectivity index (χ3v) is 4.48. The molecule has 0 N–H and O–H groups in total. The van der Waals surface area contributed by atoms with Gasteiger partial charge in [-0.1, -0.05) is 31.1 Å². The van der Waals surface area contributed by atoms with Gasteiger partial charge in [0.15, 0.2) is 12.4 Å². The van der Waals surface area contributed by atoms with Crippen LogP contribution in [0.2, 0.25) is 0 Å². The molecule has 2 aromatic rings. The Morgan fingerprint density at radius 2 is 2.00 bits per heavy atom. The Morgan fingerprint density at radius 3 is 2.58 bits per heavy atom. The minimum atomic E-state index is -3.50. The van der Waals surface area contributed by atoms with Crippen LogP contribution < -0.4 is 4.31 Å². The maximum absolute atomic E-state index is 12.3. The summed E-state index contributed by atoms with van der Waals surface area (Å²) in [5, 5.41) is 3.78. The highest BCUT2D eigenvalue weighted by Gasteiger charge is 2.21. The van der Waals surface area contributed by atoms with Crippen LogP contribution in [0.3, 0.4) is 0 Å². The number of aromatic nitrogens is 2. The van der Waals surface area contributed by atoms with Crippen molar-refractivity contribution in [3.8, 4) is 0 Å². The topological polar surface area (TPSA) is 103 Å². The molecule has 1 aromatic heterocycles. The predicted molar refractivity (Wildman–Crippen MR) is 87.2 cm³/mol. The van der Waals surface area contributed by atoms with Gasteiger partial charge in [-0.2, -0.15) is 4.98 Å². The summed E-state index contributed by atoms with van der Waals surface area (Å²) in [6.45, 7) is 3.64. The second-order valence-electron chi connectivity index (χ2n) is 5.52. The van der Waals surface area contributed by atoms with Crippen molar-refractivity contribution in [1.29, 1.82) is 0 Å². The molecule has 0 fully saturated rings. The first-order valence-electron chi connectivity index (χ1n) is 7.22. The van der Waals surface area contributed by atoms with E-state index in [4.69, 9.17) is 9.26 Å². The van der Waals surface area contributed by atoms with Gasteiger partial charge in [0.2, 0.25) is 10.0 Å². The fraction of sp³-hybridized carbons (Fsp3) is 0.400. The minimum Gasteiger partial charge on any atom is -0.452 e. The zero-order chi connectivity index (χ0) is 17.9. The van der Waals surface area contributed by atoms with E-state index in [0.717, 1.165) is 10.6 Å². The van der Waals surface area contributed by atoms with Gasteiger partial charge in [-0.05, 0) is 12.1 Å². The molecule has 0 atom stereocenters. The number of hydrogen-bond donors (Lipinski definition) is 0. The van der Waals surface area contributed by atoms with Crippen LogP contribution in [0.5, 0.6) is 0 Å². The van der Waals surface area contributed by atoms with E-state index < -0.39 is 16.0 Å². The van der Waals surface area contributed by atoms with Crippen LogP contribution in [-0.4, -0.2) is 37.8 Å². The van der Waals surface area contributed by atoms with Crippen LogP contribution >= 0.6 is 0 Å². The Kier molecular flexibility index (Phi) is 5.23. The van der Waals surface area contributed by atoms with Gasteiger partial charge < -0.3 is 9.26 Å². The van der Waals surface area contributed by atoms with E-state index in [1.165, 1.54) is 19.2 Å². The van der Waals surface area contributed by atoms with Gasteiger partial charge in [-0.25, -0.2) is 13.2 Å². The molecule has 0 saturated heterocycles. The number of carbonyl (C=O) groups excluding carboxylic acids is 1. The first kappa shape index (κ1) is 17.9. The molecule has 9 heteroatoms. The van der Waals surface area contributed by atoms with Crippen molar-refractivity contribution in [2.75, 3.05) is 17.6 Å². The fourth-order valence-electron chi connectivity index (χ4n) is 1.87. The van der Waals surface area contributed by atoms with Crippen molar-refractivity contribution >= 4 is 21.7 Å². The lowest BCUT2D eigenvalue weighted by atomic mass is 10.2. The van der Waals surface area contributed by atoms with E-state index in [0.29, 0.717) is 5.82 Å². The number of rotatable bonds is 6. The number of esters is 1. The number of anilines is 1. The standard InChI is InChI=1S/C15H19N3O5S/c1-10(2)14-16-13(23-17-14)9-22-15(19)11-7-5-6-8-12(11)18(3)24(4,20)21/h5-8,10H,9H2,1-4H3. The van der Waals surface area contributed by atoms with Crippen LogP contribution in [0.25, 0.3) is 0 Å². The average Bonchev–Trinajstić information content (AvgIpc) is 3.00. The van der Waals surface area contributed by atoms with Crippen molar-refractivity contribution in [2.24, 2.45) is 0 Å². The third kappa shape index (κ3) is 4.10. The summed E-state index contributed by atoms with van der Waals surface area (Å²) in [4.78, 5) is 16.4. The van der Waals surface area contributed by atoms with Crippen molar-refractivity contribution < 1.29 is 22.5 Å². The lowest BCUT2D eigenvalue weighted by Gasteiger charge is -2.19. The summed E-state index contributed by atoms with van der Waals surface area (Å²) < 4.78 is 34.6. The maximum atomic E-state index is 12.3. The largest absolute Gasteiger partial charge is 0.452 e. The van der Waals surface area contributed by atoms with Crippen LogP contribution in [0.15, 0.2) is 28.8 Å². The summed E-state index contributed by atoms with van der Waals surface area (Å²) in [5.41, 5.74) is 0.368. The van der Waals surface area contributed by atoms with Crippen LogP contribution in [0.4, 0.5) is 5.69 Å². The molecule has 130 valence electrons. The number of nitrogens with zero attached hydrogens (tertiary/aromatic N) is 3. The number of ether oxygens (including phenoxy) is 1. The molecule has 0 spiro atoms. The molecule has 8 nitrogen and oxygen atoms in total. The second kappa shape index (κ2) is 7.00. The highest BCUT2D eigenvalue weighted by molar-refractivity contribution is 7.92. The number of sulfonamides is 1. The van der Waals surface area contributed by atoms with Gasteiger partial charge in [-0.3, -0.25) is 4.31 Å². The van der Waals surface area contributed by atoms with Gasteiger partial charge >= 0.3 is 5.97 Å². The maximum Gasteiger partial charge on any atom is 0.340 e. The third-order valence-electron chi connectivity index (χ3n) is 3.29. The Morgan fingerprint density at radius 1 is 1.33 bits per heavy atom. The molecular weight excluding hydrogens is 334 g/mol. The molecule has 0 amide bonds. The summed E-state index contributed by atoms with van der Waals surface area (Å²) >= 11 is 0. The SMILES string of the molecule is CC(C)c1noc(COC(=O)c2ccccc2N(C)S(C)(=O)=O)n1. The molecule has 24 heavy (non-hydrogen) atoms. The number of carbonyl (C=O) groups is 1. The molecule has 1 heterocycles. The monoisotopic (exact) mass is 353 g/mol. The minimum absolute atomic E-state index is 0.0994. The van der Waals surface area contributed by atoms with Gasteiger partial charge in [0.05, 0.1) is 17.5 Å². The number of para-hydroxylation sites is 1. The molecule has 0 unspecified atom stereocenters. The molecule has 0 aliphatic carbocycles. The first-order chi connectivity index (χ1) is 11.2. The van der Waals surface area contributed by atoms with Crippen molar-refractivity contribution in [3.05, 3.63) is 41.5 Å². The second-order valence-corrected chi connectivity index (χ2v) is 7.54. The van der Waals surface area contributed by atoms with E-state index in [9.17, 15) is 13.2 Å². The molecule has 0 aliphatic rings. The quantitative estimate of drug-likeness (QED) is 0.731. The normalized spacial score (nSPS) is 11.5. The lowest BCUT2D eigenvalue weighted by molar-refractivity contribution is 0.0431. The van der Waals surface area contributed by atoms with E-state index >= 15 is 0 Å². The smallest absolute Gasteiger partial charge is 0.340 e. The van der Waals surface area contributed by atoms with Crippen molar-refractivity contribution in [1.82, 2.24) is 10.1 Å². The first-order valence-corrected chi connectivity index (χ1v) is 9.07. The van der Waals surface area contributed by atoms with Gasteiger partial charge in [0, 0.05) is 13.0 Å². The molecule has 0 aliphatic heterocycles. The van der Waals surface area contributed by atoms with Crippen molar-refractivity contribution in [3.63, 3.8) is 0 Å². The van der Waals surface area contributed by atoms with Crippen molar-refractivity contribution in [2.45, 2.75) is 26.4 Å². The Balaban J connectivity index is 2.15. The Labute approximate surface area is 140 Å². The van der Waals surface area contributed by atoms with Gasteiger partial charge in [0.25, 0.3) is 5.89 Å². The average molecular weight is 353 g/mol.